The van der Waals surface area contributed by atoms with Crippen LogP contribution in [0.15, 0.2) is 11.6 Å². The summed E-state index contributed by atoms with van der Waals surface area (Å²) >= 11 is 0. The van der Waals surface area contributed by atoms with Gasteiger partial charge in [-0.05, 0) is 61.7 Å². The van der Waals surface area contributed by atoms with Crippen molar-refractivity contribution in [3.8, 4) is 0 Å². The summed E-state index contributed by atoms with van der Waals surface area (Å²) in [5.41, 5.74) is 1.21. The number of carbonyl (C=O) groups is 3. The molecule has 4 aliphatic rings. The van der Waals surface area contributed by atoms with Crippen molar-refractivity contribution in [1.82, 2.24) is 0 Å². The first-order valence-corrected chi connectivity index (χ1v) is 10.7. The Bertz CT molecular complexity index is 739. The van der Waals surface area contributed by atoms with Gasteiger partial charge >= 0.3 is 11.9 Å². The molecule has 0 amide bonds. The van der Waals surface area contributed by atoms with Gasteiger partial charge in [-0.1, -0.05) is 25.5 Å². The van der Waals surface area contributed by atoms with Crippen molar-refractivity contribution in [3.05, 3.63) is 11.6 Å². The van der Waals surface area contributed by atoms with Gasteiger partial charge in [0.15, 0.2) is 11.9 Å². The zero-order valence-corrected chi connectivity index (χ0v) is 17.5. The van der Waals surface area contributed by atoms with Gasteiger partial charge in [0.1, 0.15) is 6.10 Å². The van der Waals surface area contributed by atoms with Crippen LogP contribution in [0.2, 0.25) is 0 Å². The van der Waals surface area contributed by atoms with Crippen LogP contribution in [0.25, 0.3) is 0 Å². The summed E-state index contributed by atoms with van der Waals surface area (Å²) in [7, 11) is 0. The monoisotopic (exact) mass is 388 g/mol. The fourth-order valence-corrected chi connectivity index (χ4v) is 7.03. The summed E-state index contributed by atoms with van der Waals surface area (Å²) in [5, 5.41) is 0. The van der Waals surface area contributed by atoms with Gasteiger partial charge in [0, 0.05) is 25.7 Å². The van der Waals surface area contributed by atoms with E-state index in [0.717, 1.165) is 38.5 Å². The molecule has 0 N–H and O–H groups in total. The quantitative estimate of drug-likeness (QED) is 0.528. The van der Waals surface area contributed by atoms with Crippen LogP contribution in [0.5, 0.6) is 0 Å². The SMILES string of the molecule is CC(=O)O[C@H]1CC[C@@]2(C)C(=CC[C@H]3[C@H]4C[C@H](OC(C)=O)C(=O)[C@@]4(C)CC[C@@H]32)C1. The van der Waals surface area contributed by atoms with E-state index in [2.05, 4.69) is 19.9 Å². The Balaban J connectivity index is 1.58. The first-order chi connectivity index (χ1) is 13.1. The normalized spacial score (nSPS) is 44.6. The summed E-state index contributed by atoms with van der Waals surface area (Å²) in [6.45, 7) is 7.35. The summed E-state index contributed by atoms with van der Waals surface area (Å²) in [5.74, 6) is 0.861. The molecule has 0 saturated heterocycles. The molecule has 4 aliphatic carbocycles. The summed E-state index contributed by atoms with van der Waals surface area (Å²) in [6, 6.07) is 0. The average Bonchev–Trinajstić information content (AvgIpc) is 2.86. The fraction of sp³-hybridized carbons (Fsp3) is 0.783. The molecular weight excluding hydrogens is 356 g/mol. The molecule has 0 radical (unpaired) electrons. The second-order valence-corrected chi connectivity index (χ2v) is 9.89. The first-order valence-electron chi connectivity index (χ1n) is 10.7. The van der Waals surface area contributed by atoms with Gasteiger partial charge in [0.2, 0.25) is 0 Å². The van der Waals surface area contributed by atoms with Crippen LogP contribution in [0.4, 0.5) is 0 Å². The second-order valence-electron chi connectivity index (χ2n) is 9.89. The largest absolute Gasteiger partial charge is 0.462 e. The van der Waals surface area contributed by atoms with E-state index in [1.165, 1.54) is 19.4 Å². The highest BCUT2D eigenvalue weighted by atomic mass is 16.5. The maximum atomic E-state index is 13.0. The molecule has 0 heterocycles. The minimum atomic E-state index is -0.566. The minimum Gasteiger partial charge on any atom is -0.462 e. The topological polar surface area (TPSA) is 69.7 Å². The molecule has 0 spiro atoms. The number of carbonyl (C=O) groups excluding carboxylic acids is 3. The van der Waals surface area contributed by atoms with Crippen molar-refractivity contribution in [3.63, 3.8) is 0 Å². The van der Waals surface area contributed by atoms with E-state index in [1.54, 1.807) is 0 Å². The molecule has 3 saturated carbocycles. The molecule has 0 unspecified atom stereocenters. The predicted octanol–water partition coefficient (Wildman–Crippen LogP) is 3.99. The zero-order chi connectivity index (χ0) is 20.3. The highest BCUT2D eigenvalue weighted by Crippen LogP contribution is 2.64. The van der Waals surface area contributed by atoms with Crippen LogP contribution in [-0.2, 0) is 23.9 Å². The van der Waals surface area contributed by atoms with Gasteiger partial charge in [-0.3, -0.25) is 14.4 Å². The second kappa shape index (κ2) is 6.70. The van der Waals surface area contributed by atoms with Crippen LogP contribution >= 0.6 is 0 Å². The lowest BCUT2D eigenvalue weighted by Crippen LogP contribution is -2.50. The number of rotatable bonds is 2. The minimum absolute atomic E-state index is 0.00337. The zero-order valence-electron chi connectivity index (χ0n) is 17.5. The van der Waals surface area contributed by atoms with Crippen molar-refractivity contribution in [2.75, 3.05) is 0 Å². The molecule has 0 aromatic rings. The third kappa shape index (κ3) is 2.93. The van der Waals surface area contributed by atoms with Crippen LogP contribution in [0.1, 0.15) is 72.6 Å². The molecule has 4 rings (SSSR count). The molecule has 5 nitrogen and oxygen atoms in total. The van der Waals surface area contributed by atoms with Crippen LogP contribution in [0.3, 0.4) is 0 Å². The van der Waals surface area contributed by atoms with E-state index in [9.17, 15) is 14.4 Å². The Kier molecular flexibility index (Phi) is 4.71. The van der Waals surface area contributed by atoms with Crippen LogP contribution in [0, 0.1) is 28.6 Å². The number of allylic oxidation sites excluding steroid dienone is 1. The van der Waals surface area contributed by atoms with Gasteiger partial charge in [0.25, 0.3) is 0 Å². The van der Waals surface area contributed by atoms with Crippen molar-refractivity contribution in [2.45, 2.75) is 84.8 Å². The lowest BCUT2D eigenvalue weighted by atomic mass is 9.48. The van der Waals surface area contributed by atoms with Gasteiger partial charge in [0.05, 0.1) is 0 Å². The molecule has 0 aliphatic heterocycles. The maximum Gasteiger partial charge on any atom is 0.303 e. The highest BCUT2D eigenvalue weighted by molar-refractivity contribution is 5.92. The first kappa shape index (κ1) is 19.7. The molecule has 3 fully saturated rings. The standard InChI is InChI=1S/C23H32O5/c1-13(24)27-16-7-9-22(3)15(11-16)5-6-17-18(22)8-10-23(4)19(17)12-20(21(23)26)28-14(2)25/h5,16-20H,6-12H2,1-4H3/t16-,17+,18-,19+,20-,22-,23-/m0/s1. The number of hydrogen-bond acceptors (Lipinski definition) is 5. The highest BCUT2D eigenvalue weighted by Gasteiger charge is 2.62. The Labute approximate surface area is 167 Å². The lowest BCUT2D eigenvalue weighted by molar-refractivity contribution is -0.153. The van der Waals surface area contributed by atoms with Crippen molar-refractivity contribution in [1.29, 1.82) is 0 Å². The van der Waals surface area contributed by atoms with Gasteiger partial charge in [-0.15, -0.1) is 0 Å². The van der Waals surface area contributed by atoms with Gasteiger partial charge in [-0.25, -0.2) is 0 Å². The van der Waals surface area contributed by atoms with Crippen molar-refractivity contribution < 1.29 is 23.9 Å². The molecule has 7 atom stereocenters. The summed E-state index contributed by atoms with van der Waals surface area (Å²) in [6.07, 6.45) is 8.16. The Morgan fingerprint density at radius 3 is 2.36 bits per heavy atom. The maximum absolute atomic E-state index is 13.0. The molecular formula is C23H32O5. The third-order valence-corrected chi connectivity index (χ3v) is 8.41. The van der Waals surface area contributed by atoms with Crippen LogP contribution < -0.4 is 0 Å². The summed E-state index contributed by atoms with van der Waals surface area (Å²) < 4.78 is 10.9. The van der Waals surface area contributed by atoms with Crippen molar-refractivity contribution >= 4 is 17.7 Å². The average molecular weight is 389 g/mol. The van der Waals surface area contributed by atoms with Gasteiger partial charge in [-0.2, -0.15) is 0 Å². The fourth-order valence-electron chi connectivity index (χ4n) is 7.03. The number of fused-ring (bicyclic) bond motifs is 5. The van der Waals surface area contributed by atoms with E-state index >= 15 is 0 Å². The van der Waals surface area contributed by atoms with E-state index < -0.39 is 6.10 Å². The molecule has 0 aromatic heterocycles. The number of Topliss-reactive ketones (excluding diaryl/α,β-unsaturated/α-hetero) is 1. The van der Waals surface area contributed by atoms with Crippen molar-refractivity contribution in [2.24, 2.45) is 28.6 Å². The third-order valence-electron chi connectivity index (χ3n) is 8.41. The predicted molar refractivity (Wildman–Crippen MR) is 103 cm³/mol. The molecule has 5 heteroatoms. The van der Waals surface area contributed by atoms with Gasteiger partial charge < -0.3 is 9.47 Å². The number of hydrogen-bond donors (Lipinski definition) is 0. The Morgan fingerprint density at radius 2 is 1.68 bits per heavy atom. The molecule has 0 bridgehead atoms. The van der Waals surface area contributed by atoms with E-state index in [-0.39, 0.29) is 40.6 Å². The smallest absolute Gasteiger partial charge is 0.303 e. The Morgan fingerprint density at radius 1 is 1.00 bits per heavy atom. The lowest BCUT2D eigenvalue weighted by Gasteiger charge is -2.56. The molecule has 28 heavy (non-hydrogen) atoms. The number of ether oxygens (including phenoxy) is 2. The van der Waals surface area contributed by atoms with E-state index in [0.29, 0.717) is 18.3 Å². The number of esters is 2. The molecule has 154 valence electrons. The van der Waals surface area contributed by atoms with Crippen LogP contribution in [-0.4, -0.2) is 29.9 Å². The Hall–Kier alpha value is -1.65. The van der Waals surface area contributed by atoms with E-state index in [4.69, 9.17) is 9.47 Å². The van der Waals surface area contributed by atoms with E-state index in [1.807, 2.05) is 0 Å². The summed E-state index contributed by atoms with van der Waals surface area (Å²) in [4.78, 5) is 35.9. The number of ketones is 1. The molecule has 0 aromatic carbocycles.